The van der Waals surface area contributed by atoms with Crippen molar-refractivity contribution in [2.75, 3.05) is 5.32 Å². The number of rotatable bonds is 7. The normalized spacial score (nSPS) is 10.7. The minimum absolute atomic E-state index is 0.0868. The number of carbonyl (C=O) groups is 2. The fourth-order valence-corrected chi connectivity index (χ4v) is 3.43. The molecule has 0 radical (unpaired) electrons. The predicted octanol–water partition coefficient (Wildman–Crippen LogP) is 3.91. The van der Waals surface area contributed by atoms with Crippen molar-refractivity contribution in [1.82, 2.24) is 9.97 Å². The molecule has 0 saturated carbocycles. The fourth-order valence-electron chi connectivity index (χ4n) is 3.43. The minimum atomic E-state index is -0.553. The second-order valence-electron chi connectivity index (χ2n) is 7.04. The Morgan fingerprint density at radius 3 is 2.45 bits per heavy atom. The van der Waals surface area contributed by atoms with Crippen LogP contribution in [0, 0.1) is 5.82 Å². The number of benzene rings is 3. The summed E-state index contributed by atoms with van der Waals surface area (Å²) in [5, 5.41) is 3.93. The van der Waals surface area contributed by atoms with Gasteiger partial charge < -0.3 is 11.1 Å². The van der Waals surface area contributed by atoms with Gasteiger partial charge in [-0.1, -0.05) is 42.5 Å². The van der Waals surface area contributed by atoms with Crippen molar-refractivity contribution in [3.8, 4) is 0 Å². The number of nitrogens with zero attached hydrogens (tertiary/aromatic N) is 2. The molecular weight excluding hydrogens is 395 g/mol. The number of carbonyl (C=O) groups excluding carboxylic acids is 2. The maximum Gasteiger partial charge on any atom is 0.250 e. The molecular formula is C24H19FN4O2. The molecule has 4 rings (SSSR count). The highest BCUT2D eigenvalue weighted by molar-refractivity contribution is 6.06. The first kappa shape index (κ1) is 20.2. The highest BCUT2D eigenvalue weighted by atomic mass is 19.1. The fraction of sp³-hybridized carbons (Fsp3) is 0.0833. The summed E-state index contributed by atoms with van der Waals surface area (Å²) in [6.45, 7) is 0.439. The van der Waals surface area contributed by atoms with Crippen molar-refractivity contribution in [2.45, 2.75) is 13.0 Å². The molecule has 6 nitrogen and oxygen atoms in total. The van der Waals surface area contributed by atoms with Gasteiger partial charge in [0.25, 0.3) is 5.91 Å². The van der Waals surface area contributed by atoms with Crippen LogP contribution in [-0.4, -0.2) is 21.7 Å². The number of amides is 1. The molecule has 4 aromatic rings. The van der Waals surface area contributed by atoms with Crippen LogP contribution in [0.3, 0.4) is 0 Å². The van der Waals surface area contributed by atoms with Crippen molar-refractivity contribution in [3.63, 3.8) is 0 Å². The van der Waals surface area contributed by atoms with Gasteiger partial charge in [0.2, 0.25) is 0 Å². The van der Waals surface area contributed by atoms with Crippen molar-refractivity contribution in [2.24, 2.45) is 5.73 Å². The summed E-state index contributed by atoms with van der Waals surface area (Å²) in [4.78, 5) is 32.5. The van der Waals surface area contributed by atoms with Crippen molar-refractivity contribution < 1.29 is 14.0 Å². The van der Waals surface area contributed by atoms with Gasteiger partial charge in [-0.15, -0.1) is 0 Å². The third-order valence-electron chi connectivity index (χ3n) is 4.92. The number of fused-ring (bicyclic) bond motifs is 1. The van der Waals surface area contributed by atoms with E-state index in [4.69, 9.17) is 5.73 Å². The molecule has 0 spiro atoms. The van der Waals surface area contributed by atoms with Crippen LogP contribution >= 0.6 is 0 Å². The Labute approximate surface area is 178 Å². The number of primary amides is 1. The van der Waals surface area contributed by atoms with E-state index < -0.39 is 11.7 Å². The van der Waals surface area contributed by atoms with E-state index in [0.717, 1.165) is 11.1 Å². The first-order valence-corrected chi connectivity index (χ1v) is 9.66. The third kappa shape index (κ3) is 4.40. The lowest BCUT2D eigenvalue weighted by Crippen LogP contribution is -2.12. The number of hydrogen-bond acceptors (Lipinski definition) is 5. The molecule has 0 aliphatic rings. The van der Waals surface area contributed by atoms with Gasteiger partial charge in [0, 0.05) is 18.4 Å². The van der Waals surface area contributed by atoms with E-state index >= 15 is 0 Å². The van der Waals surface area contributed by atoms with E-state index in [1.807, 2.05) is 30.3 Å². The molecule has 0 atom stereocenters. The smallest absolute Gasteiger partial charge is 0.250 e. The molecule has 0 aliphatic heterocycles. The molecule has 1 heterocycles. The summed E-state index contributed by atoms with van der Waals surface area (Å²) in [6, 6.07) is 18.6. The Balaban J connectivity index is 1.52. The Morgan fingerprint density at radius 2 is 1.65 bits per heavy atom. The van der Waals surface area contributed by atoms with E-state index in [2.05, 4.69) is 15.3 Å². The number of hydrogen-bond donors (Lipinski definition) is 2. The number of para-hydroxylation sites is 1. The first-order chi connectivity index (χ1) is 15.0. The van der Waals surface area contributed by atoms with E-state index in [9.17, 15) is 14.0 Å². The average Bonchev–Trinajstić information content (AvgIpc) is 2.77. The van der Waals surface area contributed by atoms with Crippen LogP contribution in [0.2, 0.25) is 0 Å². The summed E-state index contributed by atoms with van der Waals surface area (Å²) in [5.41, 5.74) is 8.05. The Morgan fingerprint density at radius 1 is 0.903 bits per heavy atom. The van der Waals surface area contributed by atoms with Crippen LogP contribution in [0.1, 0.15) is 31.8 Å². The van der Waals surface area contributed by atoms with Crippen LogP contribution in [0.4, 0.5) is 10.2 Å². The maximum absolute atomic E-state index is 13.9. The Bertz CT molecular complexity index is 1290. The predicted molar refractivity (Wildman–Crippen MR) is 116 cm³/mol. The van der Waals surface area contributed by atoms with Crippen molar-refractivity contribution in [3.05, 3.63) is 101 Å². The summed E-state index contributed by atoms with van der Waals surface area (Å²) < 4.78 is 13.9. The van der Waals surface area contributed by atoms with Gasteiger partial charge in [0.1, 0.15) is 18.0 Å². The van der Waals surface area contributed by atoms with Gasteiger partial charge in [-0.3, -0.25) is 9.59 Å². The monoisotopic (exact) mass is 414 g/mol. The van der Waals surface area contributed by atoms with Crippen LogP contribution in [0.15, 0.2) is 73.1 Å². The second-order valence-corrected chi connectivity index (χ2v) is 7.04. The largest absolute Gasteiger partial charge is 0.366 e. The second kappa shape index (κ2) is 8.71. The van der Waals surface area contributed by atoms with E-state index in [1.54, 1.807) is 24.3 Å². The minimum Gasteiger partial charge on any atom is -0.366 e. The van der Waals surface area contributed by atoms with Crippen LogP contribution in [0.25, 0.3) is 10.9 Å². The quantitative estimate of drug-likeness (QED) is 0.447. The molecule has 0 unspecified atom stereocenters. The molecule has 31 heavy (non-hydrogen) atoms. The Hall–Kier alpha value is -4.13. The van der Waals surface area contributed by atoms with Crippen molar-refractivity contribution in [1.29, 1.82) is 0 Å². The van der Waals surface area contributed by atoms with Crippen molar-refractivity contribution >= 4 is 28.4 Å². The lowest BCUT2D eigenvalue weighted by atomic mass is 10.0. The molecule has 1 amide bonds. The van der Waals surface area contributed by atoms with Gasteiger partial charge in [-0.2, -0.15) is 0 Å². The number of nitrogens with one attached hydrogen (secondary N) is 1. The summed E-state index contributed by atoms with van der Waals surface area (Å²) in [6.07, 6.45) is 1.48. The van der Waals surface area contributed by atoms with E-state index in [1.165, 1.54) is 18.5 Å². The van der Waals surface area contributed by atoms with Crippen LogP contribution in [0.5, 0.6) is 0 Å². The first-order valence-electron chi connectivity index (χ1n) is 9.66. The van der Waals surface area contributed by atoms with Crippen LogP contribution in [-0.2, 0) is 13.0 Å². The molecule has 0 bridgehead atoms. The zero-order valence-corrected chi connectivity index (χ0v) is 16.5. The number of nitrogens with two attached hydrogens (primary N) is 1. The number of anilines is 1. The highest BCUT2D eigenvalue weighted by Crippen LogP contribution is 2.23. The molecule has 0 saturated heterocycles. The SMILES string of the molecule is NC(=O)c1cccc2c(NCc3cccc(CC(=O)c4ccccc4F)c3)ncnc12. The van der Waals surface area contributed by atoms with Gasteiger partial charge in [-0.05, 0) is 35.4 Å². The number of ketones is 1. The summed E-state index contributed by atoms with van der Waals surface area (Å²) in [5.74, 6) is -0.774. The molecule has 7 heteroatoms. The highest BCUT2D eigenvalue weighted by Gasteiger charge is 2.13. The molecule has 3 N–H and O–H groups in total. The zero-order valence-electron chi connectivity index (χ0n) is 16.5. The van der Waals surface area contributed by atoms with E-state index in [0.29, 0.717) is 28.8 Å². The number of Topliss-reactive ketones (excluding diaryl/α,β-unsaturated/α-hetero) is 1. The zero-order chi connectivity index (χ0) is 21.8. The van der Waals surface area contributed by atoms with Gasteiger partial charge >= 0.3 is 0 Å². The summed E-state index contributed by atoms with van der Waals surface area (Å²) in [7, 11) is 0. The lowest BCUT2D eigenvalue weighted by Gasteiger charge is -2.11. The number of aromatic nitrogens is 2. The maximum atomic E-state index is 13.9. The third-order valence-corrected chi connectivity index (χ3v) is 4.92. The Kier molecular flexibility index (Phi) is 5.66. The molecule has 1 aromatic heterocycles. The van der Waals surface area contributed by atoms with Gasteiger partial charge in [0.15, 0.2) is 5.78 Å². The molecule has 154 valence electrons. The van der Waals surface area contributed by atoms with Gasteiger partial charge in [-0.25, -0.2) is 14.4 Å². The van der Waals surface area contributed by atoms with E-state index in [-0.39, 0.29) is 17.8 Å². The van der Waals surface area contributed by atoms with Gasteiger partial charge in [0.05, 0.1) is 16.6 Å². The average molecular weight is 414 g/mol. The molecule has 0 aliphatic carbocycles. The molecule has 0 fully saturated rings. The number of halogens is 1. The molecule has 3 aromatic carbocycles. The standard InChI is InChI=1S/C24H19FN4O2/c25-20-10-2-1-7-17(20)21(30)12-15-5-3-6-16(11-15)13-27-24-19-9-4-8-18(23(26)31)22(19)28-14-29-24/h1-11,14H,12-13H2,(H2,26,31)(H,27,28,29). The lowest BCUT2D eigenvalue weighted by molar-refractivity contribution is 0.0985. The topological polar surface area (TPSA) is 98.0 Å². The summed E-state index contributed by atoms with van der Waals surface area (Å²) >= 11 is 0. The van der Waals surface area contributed by atoms with Crippen LogP contribution < -0.4 is 11.1 Å².